The molecular formula is C36H42FN9. The first-order chi connectivity index (χ1) is 22.3. The topological polar surface area (TPSA) is 115 Å². The molecule has 4 N–H and O–H groups in total. The Hall–Kier alpha value is -4.67. The summed E-state index contributed by atoms with van der Waals surface area (Å²) in [5, 5.41) is 9.06. The molecule has 0 spiro atoms. The minimum absolute atomic E-state index is 0.178. The van der Waals surface area contributed by atoms with Crippen molar-refractivity contribution in [3.05, 3.63) is 88.5 Å². The summed E-state index contributed by atoms with van der Waals surface area (Å²) < 4.78 is 14.8. The molecule has 2 aliphatic heterocycles. The van der Waals surface area contributed by atoms with Crippen LogP contribution in [0.3, 0.4) is 0 Å². The van der Waals surface area contributed by atoms with Crippen LogP contribution in [0.1, 0.15) is 38.7 Å². The lowest BCUT2D eigenvalue weighted by atomic mass is 10.0. The summed E-state index contributed by atoms with van der Waals surface area (Å²) in [7, 11) is 0. The average molecular weight is 620 g/mol. The number of hydrogen-bond donors (Lipinski definition) is 3. The molecule has 0 amide bonds. The van der Waals surface area contributed by atoms with E-state index in [4.69, 9.17) is 15.7 Å². The fourth-order valence-corrected chi connectivity index (χ4v) is 6.18. The van der Waals surface area contributed by atoms with Gasteiger partial charge in [-0.1, -0.05) is 31.4 Å². The van der Waals surface area contributed by atoms with Crippen molar-refractivity contribution < 1.29 is 4.39 Å². The van der Waals surface area contributed by atoms with E-state index in [0.29, 0.717) is 22.4 Å². The number of aryl methyl sites for hydroxylation is 1. The summed E-state index contributed by atoms with van der Waals surface area (Å²) >= 11 is 0. The molecule has 6 rings (SSSR count). The molecule has 0 bridgehead atoms. The fraction of sp³-hybridized carbons (Fsp3) is 0.333. The van der Waals surface area contributed by atoms with Gasteiger partial charge in [0.25, 0.3) is 0 Å². The third-order valence-corrected chi connectivity index (χ3v) is 8.75. The van der Waals surface area contributed by atoms with Gasteiger partial charge in [0.1, 0.15) is 17.3 Å². The molecule has 1 aromatic carbocycles. The van der Waals surface area contributed by atoms with Crippen LogP contribution >= 0.6 is 0 Å². The van der Waals surface area contributed by atoms with Gasteiger partial charge < -0.3 is 20.5 Å². The number of benzene rings is 1. The van der Waals surface area contributed by atoms with Crippen LogP contribution in [0.5, 0.6) is 0 Å². The van der Waals surface area contributed by atoms with E-state index in [1.165, 1.54) is 25.9 Å². The van der Waals surface area contributed by atoms with Crippen molar-refractivity contribution in [2.45, 2.75) is 45.6 Å². The summed E-state index contributed by atoms with van der Waals surface area (Å²) in [6, 6.07) is 7.36. The summed E-state index contributed by atoms with van der Waals surface area (Å²) in [6.45, 7) is 17.1. The number of likely N-dealkylation sites (tertiary alicyclic amines) is 2. The maximum absolute atomic E-state index is 14.8. The Kier molecular flexibility index (Phi) is 9.37. The fourth-order valence-electron chi connectivity index (χ4n) is 6.18. The van der Waals surface area contributed by atoms with Crippen molar-refractivity contribution >= 4 is 29.7 Å². The molecule has 46 heavy (non-hydrogen) atoms. The van der Waals surface area contributed by atoms with Crippen molar-refractivity contribution in [3.63, 3.8) is 0 Å². The number of aromatic amines is 2. The maximum atomic E-state index is 14.8. The second kappa shape index (κ2) is 13.8. The van der Waals surface area contributed by atoms with E-state index in [-0.39, 0.29) is 11.9 Å². The SMILES string of the molecule is C=CC(=NC(=C\C)/C(C)=C/C=c1/[nH]nc(-c2nc3nccc(-c4cc(F)cc(CCCN5CCCC5)c4)c3[nH]2)c1=C)N1CC(N)C1. The van der Waals surface area contributed by atoms with E-state index >= 15 is 0 Å². The number of H-pyrrole nitrogens is 2. The molecule has 10 heteroatoms. The minimum Gasteiger partial charge on any atom is -0.353 e. The number of nitrogens with one attached hydrogen (secondary N) is 2. The molecule has 0 aliphatic carbocycles. The average Bonchev–Trinajstić information content (AvgIpc) is 3.79. The Morgan fingerprint density at radius 1 is 1.22 bits per heavy atom. The molecule has 4 aromatic rings. The molecule has 0 radical (unpaired) electrons. The zero-order valence-electron chi connectivity index (χ0n) is 26.7. The lowest BCUT2D eigenvalue weighted by Gasteiger charge is -2.38. The van der Waals surface area contributed by atoms with Gasteiger partial charge in [0.2, 0.25) is 0 Å². The van der Waals surface area contributed by atoms with Crippen molar-refractivity contribution in [1.29, 1.82) is 0 Å². The van der Waals surface area contributed by atoms with Crippen LogP contribution in [0.25, 0.3) is 46.5 Å². The van der Waals surface area contributed by atoms with Gasteiger partial charge in [0, 0.05) is 36.1 Å². The van der Waals surface area contributed by atoms with E-state index in [9.17, 15) is 4.39 Å². The largest absolute Gasteiger partial charge is 0.353 e. The first kappa shape index (κ1) is 31.3. The Balaban J connectivity index is 1.24. The van der Waals surface area contributed by atoms with Crippen molar-refractivity contribution in [2.75, 3.05) is 32.7 Å². The van der Waals surface area contributed by atoms with Crippen LogP contribution in [0.2, 0.25) is 0 Å². The van der Waals surface area contributed by atoms with Crippen LogP contribution in [0.4, 0.5) is 4.39 Å². The zero-order valence-corrected chi connectivity index (χ0v) is 26.7. The van der Waals surface area contributed by atoms with Crippen molar-refractivity contribution in [1.82, 2.24) is 34.9 Å². The smallest absolute Gasteiger partial charge is 0.178 e. The second-order valence-corrected chi connectivity index (χ2v) is 12.1. The van der Waals surface area contributed by atoms with E-state index in [1.54, 1.807) is 24.4 Å². The number of rotatable bonds is 10. The Morgan fingerprint density at radius 3 is 2.76 bits per heavy atom. The van der Waals surface area contributed by atoms with E-state index < -0.39 is 0 Å². The van der Waals surface area contributed by atoms with Gasteiger partial charge in [-0.2, -0.15) is 5.10 Å². The maximum Gasteiger partial charge on any atom is 0.178 e. The first-order valence-electron chi connectivity index (χ1n) is 16.0. The van der Waals surface area contributed by atoms with Gasteiger partial charge in [-0.15, -0.1) is 0 Å². The number of aliphatic imine (C=N–C) groups is 1. The number of nitrogens with two attached hydrogens (primary N) is 1. The number of pyridine rings is 1. The normalized spacial score (nSPS) is 17.3. The lowest BCUT2D eigenvalue weighted by Crippen LogP contribution is -2.57. The summed E-state index contributed by atoms with van der Waals surface area (Å²) in [4.78, 5) is 22.0. The van der Waals surface area contributed by atoms with Crippen molar-refractivity contribution in [3.8, 4) is 22.6 Å². The third kappa shape index (κ3) is 6.78. The first-order valence-corrected chi connectivity index (χ1v) is 16.0. The molecule has 2 saturated heterocycles. The lowest BCUT2D eigenvalue weighted by molar-refractivity contribution is 0.255. The quantitative estimate of drug-likeness (QED) is 0.137. The molecule has 0 saturated carbocycles. The van der Waals surface area contributed by atoms with Crippen LogP contribution < -0.4 is 16.3 Å². The number of halogens is 1. The molecule has 3 aromatic heterocycles. The Labute approximate surface area is 268 Å². The van der Waals surface area contributed by atoms with Gasteiger partial charge in [-0.05, 0) is 106 Å². The van der Waals surface area contributed by atoms with Gasteiger partial charge in [-0.3, -0.25) is 5.10 Å². The summed E-state index contributed by atoms with van der Waals surface area (Å²) in [6.07, 6.45) is 13.8. The highest BCUT2D eigenvalue weighted by atomic mass is 19.1. The number of allylic oxidation sites excluding steroid dienone is 3. The van der Waals surface area contributed by atoms with Gasteiger partial charge in [0.15, 0.2) is 11.5 Å². The van der Waals surface area contributed by atoms with Gasteiger partial charge >= 0.3 is 0 Å². The third-order valence-electron chi connectivity index (χ3n) is 8.75. The minimum atomic E-state index is -0.244. The summed E-state index contributed by atoms with van der Waals surface area (Å²) in [5.41, 5.74) is 12.3. The van der Waals surface area contributed by atoms with Crippen LogP contribution in [-0.2, 0) is 6.42 Å². The molecule has 238 valence electrons. The zero-order chi connectivity index (χ0) is 32.2. The monoisotopic (exact) mass is 619 g/mol. The van der Waals surface area contributed by atoms with Gasteiger partial charge in [-0.25, -0.2) is 19.4 Å². The number of hydrogen-bond acceptors (Lipinski definition) is 6. The Morgan fingerprint density at radius 2 is 2.02 bits per heavy atom. The highest BCUT2D eigenvalue weighted by Gasteiger charge is 2.24. The number of imidazole rings is 1. The number of nitrogens with zero attached hydrogens (tertiary/aromatic N) is 6. The summed E-state index contributed by atoms with van der Waals surface area (Å²) in [5.74, 6) is 1.11. The van der Waals surface area contributed by atoms with Crippen LogP contribution in [-0.4, -0.2) is 79.6 Å². The van der Waals surface area contributed by atoms with Gasteiger partial charge in [0.05, 0.1) is 16.6 Å². The Bertz CT molecular complexity index is 1940. The molecule has 0 unspecified atom stereocenters. The van der Waals surface area contributed by atoms with Crippen molar-refractivity contribution in [2.24, 2.45) is 10.7 Å². The molecule has 9 nitrogen and oxygen atoms in total. The van der Waals surface area contributed by atoms with Crippen LogP contribution in [0.15, 0.2) is 71.5 Å². The van der Waals surface area contributed by atoms with E-state index in [2.05, 4.69) is 49.2 Å². The standard InChI is InChI=1S/C36H42FN9/c1-5-30(40-32(6-2)46-21-28(38)22-46)23(3)11-12-31-24(4)33(44-43-31)36-41-34-29(13-14-39-35(34)42-36)26-18-25(19-27(37)20-26)10-9-17-45-15-7-8-16-45/h5-6,11-14,18-20,28,43H,2,4,7-10,15-17,21-22,38H2,1,3H3,(H,39,41,42)/b23-11+,30-5-,31-12+,40-32?. The second-order valence-electron chi connectivity index (χ2n) is 12.1. The molecular weight excluding hydrogens is 577 g/mol. The highest BCUT2D eigenvalue weighted by molar-refractivity contribution is 5.94. The number of aromatic nitrogens is 5. The number of fused-ring (bicyclic) bond motifs is 1. The highest BCUT2D eigenvalue weighted by Crippen LogP contribution is 2.29. The van der Waals surface area contributed by atoms with E-state index in [0.717, 1.165) is 77.1 Å². The molecule has 0 atom stereocenters. The predicted molar refractivity (Wildman–Crippen MR) is 185 cm³/mol. The predicted octanol–water partition coefficient (Wildman–Crippen LogP) is 4.45. The number of amidine groups is 1. The van der Waals surface area contributed by atoms with E-state index in [1.807, 2.05) is 38.1 Å². The molecule has 2 aliphatic rings. The molecule has 5 heterocycles. The van der Waals surface area contributed by atoms with Crippen LogP contribution in [0, 0.1) is 5.82 Å². The molecule has 2 fully saturated rings.